The number of benzene rings is 2. The van der Waals surface area contributed by atoms with Crippen molar-refractivity contribution in [2.45, 2.75) is 25.9 Å². The molecule has 0 spiro atoms. The van der Waals surface area contributed by atoms with Gasteiger partial charge in [-0.25, -0.2) is 0 Å². The Morgan fingerprint density at radius 2 is 2.07 bits per heavy atom. The smallest absolute Gasteiger partial charge is 0.273 e. The average Bonchev–Trinajstić information content (AvgIpc) is 3.31. The fraction of sp³-hybridized carbons (Fsp3) is 0.238. The number of ether oxygens (including phenoxy) is 1. The van der Waals surface area contributed by atoms with Gasteiger partial charge in [0.25, 0.3) is 5.91 Å². The molecule has 1 unspecified atom stereocenters. The van der Waals surface area contributed by atoms with Crippen LogP contribution in [0.25, 0.3) is 5.69 Å². The van der Waals surface area contributed by atoms with Crippen molar-refractivity contribution in [3.63, 3.8) is 0 Å². The molecule has 148 valence electrons. The van der Waals surface area contributed by atoms with Gasteiger partial charge in [-0.1, -0.05) is 18.2 Å². The van der Waals surface area contributed by atoms with Gasteiger partial charge in [0, 0.05) is 24.9 Å². The van der Waals surface area contributed by atoms with Crippen molar-refractivity contribution in [3.05, 3.63) is 71.0 Å². The van der Waals surface area contributed by atoms with Gasteiger partial charge in [0.15, 0.2) is 5.69 Å². The molecule has 29 heavy (non-hydrogen) atoms. The Balaban J connectivity index is 1.33. The Bertz CT molecular complexity index is 1060. The summed E-state index contributed by atoms with van der Waals surface area (Å²) in [6.07, 6.45) is 1.38. The highest BCUT2D eigenvalue weighted by Crippen LogP contribution is 2.30. The molecule has 2 heterocycles. The lowest BCUT2D eigenvalue weighted by atomic mass is 10.0. The van der Waals surface area contributed by atoms with E-state index < -0.39 is 0 Å². The molecular weight excluding hydrogens is 368 g/mol. The zero-order chi connectivity index (χ0) is 20.4. The van der Waals surface area contributed by atoms with Gasteiger partial charge in [0.05, 0.1) is 11.4 Å². The molecule has 0 radical (unpaired) electrons. The monoisotopic (exact) mass is 390 g/mol. The Morgan fingerprint density at radius 1 is 1.28 bits per heavy atom. The third-order valence-electron chi connectivity index (χ3n) is 4.85. The van der Waals surface area contributed by atoms with Gasteiger partial charge < -0.3 is 15.8 Å². The minimum Gasteiger partial charge on any atom is -0.490 e. The van der Waals surface area contributed by atoms with E-state index in [1.54, 1.807) is 13.0 Å². The number of amides is 1. The van der Waals surface area contributed by atoms with Crippen molar-refractivity contribution in [3.8, 4) is 11.4 Å². The molecule has 1 amide bonds. The molecule has 2 aromatic carbocycles. The SMILES string of the molecule is Cc1nn(-c2ccccc2)nc1C(=O)NCCC1Cc2cc(C(=N)N)ccc2O1. The number of amidine groups is 1. The fourth-order valence-electron chi connectivity index (χ4n) is 3.34. The Morgan fingerprint density at radius 3 is 2.83 bits per heavy atom. The number of carbonyl (C=O) groups is 1. The molecule has 8 nitrogen and oxygen atoms in total. The topological polar surface area (TPSA) is 119 Å². The molecular formula is C21H22N6O2. The summed E-state index contributed by atoms with van der Waals surface area (Å²) in [7, 11) is 0. The van der Waals surface area contributed by atoms with Crippen LogP contribution in [0.5, 0.6) is 5.75 Å². The third kappa shape index (κ3) is 3.96. The van der Waals surface area contributed by atoms with E-state index in [9.17, 15) is 4.79 Å². The van der Waals surface area contributed by atoms with Crippen molar-refractivity contribution < 1.29 is 9.53 Å². The fourth-order valence-corrected chi connectivity index (χ4v) is 3.34. The van der Waals surface area contributed by atoms with Crippen LogP contribution in [0.4, 0.5) is 0 Å². The molecule has 0 saturated heterocycles. The van der Waals surface area contributed by atoms with Crippen LogP contribution in [-0.2, 0) is 6.42 Å². The van der Waals surface area contributed by atoms with E-state index in [1.165, 1.54) is 4.80 Å². The minimum absolute atomic E-state index is 0.0198. The Kier molecular flexibility index (Phi) is 4.99. The lowest BCUT2D eigenvalue weighted by molar-refractivity contribution is 0.0942. The number of hydrogen-bond donors (Lipinski definition) is 3. The highest BCUT2D eigenvalue weighted by Gasteiger charge is 2.24. The number of rotatable bonds is 6. The molecule has 8 heteroatoms. The van der Waals surface area contributed by atoms with Crippen LogP contribution >= 0.6 is 0 Å². The van der Waals surface area contributed by atoms with Crippen molar-refractivity contribution in [2.75, 3.05) is 6.54 Å². The van der Waals surface area contributed by atoms with E-state index in [-0.39, 0.29) is 17.8 Å². The maximum absolute atomic E-state index is 12.5. The van der Waals surface area contributed by atoms with E-state index in [0.717, 1.165) is 23.4 Å². The number of aromatic nitrogens is 3. The van der Waals surface area contributed by atoms with E-state index in [4.69, 9.17) is 15.9 Å². The lowest BCUT2D eigenvalue weighted by Crippen LogP contribution is -2.29. The van der Waals surface area contributed by atoms with Crippen molar-refractivity contribution >= 4 is 11.7 Å². The van der Waals surface area contributed by atoms with Gasteiger partial charge in [0.2, 0.25) is 0 Å². The zero-order valence-electron chi connectivity index (χ0n) is 16.1. The predicted octanol–water partition coefficient (Wildman–Crippen LogP) is 1.98. The number of fused-ring (bicyclic) bond motifs is 1. The quantitative estimate of drug-likeness (QED) is 0.439. The number of hydrogen-bond acceptors (Lipinski definition) is 5. The molecule has 1 aliphatic rings. The van der Waals surface area contributed by atoms with Crippen molar-refractivity contribution in [2.24, 2.45) is 5.73 Å². The van der Waals surface area contributed by atoms with E-state index in [1.807, 2.05) is 42.5 Å². The molecule has 3 aromatic rings. The third-order valence-corrected chi connectivity index (χ3v) is 4.85. The number of aryl methyl sites for hydroxylation is 1. The number of carbonyl (C=O) groups excluding carboxylic acids is 1. The first-order valence-corrected chi connectivity index (χ1v) is 9.43. The molecule has 4 rings (SSSR count). The molecule has 1 aliphatic heterocycles. The number of nitrogens with two attached hydrogens (primary N) is 1. The van der Waals surface area contributed by atoms with E-state index >= 15 is 0 Å². The van der Waals surface area contributed by atoms with Crippen molar-refractivity contribution in [1.29, 1.82) is 5.41 Å². The summed E-state index contributed by atoms with van der Waals surface area (Å²) in [4.78, 5) is 14.0. The van der Waals surface area contributed by atoms with Gasteiger partial charge >= 0.3 is 0 Å². The van der Waals surface area contributed by atoms with Crippen LogP contribution in [-0.4, -0.2) is 39.4 Å². The predicted molar refractivity (Wildman–Crippen MR) is 109 cm³/mol. The maximum Gasteiger partial charge on any atom is 0.273 e. The second kappa shape index (κ2) is 7.75. The molecule has 0 bridgehead atoms. The lowest BCUT2D eigenvalue weighted by Gasteiger charge is -2.10. The summed E-state index contributed by atoms with van der Waals surface area (Å²) < 4.78 is 5.92. The van der Waals surface area contributed by atoms with Crippen LogP contribution in [0.3, 0.4) is 0 Å². The molecule has 1 aromatic heterocycles. The second-order valence-corrected chi connectivity index (χ2v) is 6.98. The highest BCUT2D eigenvalue weighted by molar-refractivity contribution is 5.95. The van der Waals surface area contributed by atoms with E-state index in [2.05, 4.69) is 15.5 Å². The van der Waals surface area contributed by atoms with Gasteiger partial charge in [-0.2, -0.15) is 9.90 Å². The molecule has 1 atom stereocenters. The first-order chi connectivity index (χ1) is 14.0. The normalized spacial score (nSPS) is 14.9. The molecule has 0 saturated carbocycles. The summed E-state index contributed by atoms with van der Waals surface area (Å²) >= 11 is 0. The molecule has 4 N–H and O–H groups in total. The van der Waals surface area contributed by atoms with Crippen LogP contribution in [0, 0.1) is 12.3 Å². The van der Waals surface area contributed by atoms with Crippen LogP contribution in [0.15, 0.2) is 48.5 Å². The number of para-hydroxylation sites is 1. The van der Waals surface area contributed by atoms with Gasteiger partial charge in [-0.3, -0.25) is 10.2 Å². The summed E-state index contributed by atoms with van der Waals surface area (Å²) in [5, 5.41) is 19.1. The average molecular weight is 390 g/mol. The zero-order valence-corrected chi connectivity index (χ0v) is 16.1. The second-order valence-electron chi connectivity index (χ2n) is 6.98. The number of nitrogens with one attached hydrogen (secondary N) is 2. The summed E-state index contributed by atoms with van der Waals surface area (Å²) in [6.45, 7) is 2.24. The highest BCUT2D eigenvalue weighted by atomic mass is 16.5. The van der Waals surface area contributed by atoms with Gasteiger partial charge in [-0.05, 0) is 42.8 Å². The van der Waals surface area contributed by atoms with Gasteiger partial charge in [-0.15, -0.1) is 5.10 Å². The molecule has 0 aliphatic carbocycles. The number of nitrogens with zero attached hydrogens (tertiary/aromatic N) is 3. The standard InChI is InChI=1S/C21H22N6O2/c1-13-19(26-27(25-13)16-5-3-2-4-6-16)21(28)24-10-9-17-12-15-11-14(20(22)23)7-8-18(15)29-17/h2-8,11,17H,9-10,12H2,1H3,(H3,22,23)(H,24,28). The van der Waals surface area contributed by atoms with E-state index in [0.29, 0.717) is 29.9 Å². The first-order valence-electron chi connectivity index (χ1n) is 9.43. The van der Waals surface area contributed by atoms with Crippen LogP contribution in [0.2, 0.25) is 0 Å². The largest absolute Gasteiger partial charge is 0.490 e. The first kappa shape index (κ1) is 18.7. The Labute approximate surface area is 168 Å². The van der Waals surface area contributed by atoms with Crippen LogP contribution < -0.4 is 15.8 Å². The summed E-state index contributed by atoms with van der Waals surface area (Å²) in [5.41, 5.74) is 8.97. The van der Waals surface area contributed by atoms with Crippen molar-refractivity contribution in [1.82, 2.24) is 20.3 Å². The number of nitrogen functional groups attached to an aromatic ring is 1. The summed E-state index contributed by atoms with van der Waals surface area (Å²) in [6, 6.07) is 15.0. The van der Waals surface area contributed by atoms with Crippen LogP contribution in [0.1, 0.15) is 33.7 Å². The summed E-state index contributed by atoms with van der Waals surface area (Å²) in [5.74, 6) is 0.606. The maximum atomic E-state index is 12.5. The molecule has 0 fully saturated rings. The van der Waals surface area contributed by atoms with Gasteiger partial charge in [0.1, 0.15) is 17.7 Å². The Hall–Kier alpha value is -3.68. The minimum atomic E-state index is -0.251.